The first-order chi connectivity index (χ1) is 18.4. The molecule has 6 aromatic carbocycles. The van der Waals surface area contributed by atoms with Crippen LogP contribution in [0.3, 0.4) is 0 Å². The standard InChI is InChI=1S/C36H24O/c1-2-12-23(13-3-1)33-27-17-6-8-19-29(27)34(30-20-9-7-18-28(30)33)35-25-15-5-4-14-24(25)22-31-26-16-10-11-21-32(26)37-36(31)35/h1-6,8-17,19-22H,7,18H2. The van der Waals surface area contributed by atoms with Gasteiger partial charge in [0, 0.05) is 21.9 Å². The van der Waals surface area contributed by atoms with Crippen molar-refractivity contribution in [2.75, 3.05) is 0 Å². The number of benzene rings is 6. The van der Waals surface area contributed by atoms with Crippen LogP contribution in [-0.4, -0.2) is 0 Å². The van der Waals surface area contributed by atoms with Crippen LogP contribution in [0.5, 0.6) is 0 Å². The Bertz CT molecular complexity index is 2020. The molecule has 7 aromatic rings. The zero-order valence-corrected chi connectivity index (χ0v) is 20.4. The number of rotatable bonds is 2. The Balaban J connectivity index is 1.62. The molecular weight excluding hydrogens is 448 g/mol. The molecule has 0 saturated carbocycles. The quantitative estimate of drug-likeness (QED) is 0.244. The van der Waals surface area contributed by atoms with Crippen molar-refractivity contribution < 1.29 is 4.42 Å². The predicted octanol–water partition coefficient (Wildman–Crippen LogP) is 10.2. The van der Waals surface area contributed by atoms with Crippen molar-refractivity contribution >= 4 is 49.6 Å². The van der Waals surface area contributed by atoms with E-state index in [1.807, 2.05) is 0 Å². The van der Waals surface area contributed by atoms with Crippen molar-refractivity contribution in [3.63, 3.8) is 0 Å². The average Bonchev–Trinajstić information content (AvgIpc) is 3.33. The van der Waals surface area contributed by atoms with E-state index >= 15 is 0 Å². The number of fused-ring (bicyclic) bond motifs is 6. The van der Waals surface area contributed by atoms with Crippen LogP contribution >= 0.6 is 0 Å². The van der Waals surface area contributed by atoms with Gasteiger partial charge in [-0.2, -0.15) is 0 Å². The number of para-hydroxylation sites is 1. The third-order valence-electron chi connectivity index (χ3n) is 7.91. The zero-order valence-electron chi connectivity index (χ0n) is 20.4. The van der Waals surface area contributed by atoms with E-state index < -0.39 is 0 Å². The van der Waals surface area contributed by atoms with E-state index in [4.69, 9.17) is 4.42 Å². The molecule has 0 N–H and O–H groups in total. The minimum atomic E-state index is 0.934. The van der Waals surface area contributed by atoms with E-state index in [9.17, 15) is 0 Å². The second-order valence-corrected chi connectivity index (χ2v) is 9.94. The second-order valence-electron chi connectivity index (χ2n) is 9.94. The van der Waals surface area contributed by atoms with Crippen molar-refractivity contribution in [3.05, 3.63) is 126 Å². The van der Waals surface area contributed by atoms with Gasteiger partial charge in [-0.1, -0.05) is 109 Å². The molecule has 8 rings (SSSR count). The number of furan rings is 1. The van der Waals surface area contributed by atoms with Gasteiger partial charge in [0.1, 0.15) is 11.2 Å². The van der Waals surface area contributed by atoms with Crippen LogP contribution in [0.4, 0.5) is 0 Å². The SMILES string of the molecule is C1=Cc2c(c(-c3ccccc3)c3ccccc3c2-c2c3ccccc3cc3c2oc2ccccc23)CC1. The molecule has 0 radical (unpaired) electrons. The molecule has 0 amide bonds. The molecule has 1 nitrogen and oxygen atoms in total. The number of hydrogen-bond donors (Lipinski definition) is 0. The van der Waals surface area contributed by atoms with Crippen molar-refractivity contribution in [1.82, 2.24) is 0 Å². The van der Waals surface area contributed by atoms with Gasteiger partial charge in [-0.3, -0.25) is 0 Å². The fourth-order valence-corrected chi connectivity index (χ4v) is 6.36. The Morgan fingerprint density at radius 3 is 2.05 bits per heavy atom. The lowest BCUT2D eigenvalue weighted by Gasteiger charge is -2.24. The Labute approximate surface area is 215 Å². The summed E-state index contributed by atoms with van der Waals surface area (Å²) in [5.74, 6) is 0. The van der Waals surface area contributed by atoms with Crippen LogP contribution in [-0.2, 0) is 6.42 Å². The van der Waals surface area contributed by atoms with Crippen LogP contribution in [0, 0.1) is 0 Å². The minimum absolute atomic E-state index is 0.934. The van der Waals surface area contributed by atoms with Crippen LogP contribution in [0.25, 0.3) is 71.8 Å². The summed E-state index contributed by atoms with van der Waals surface area (Å²) in [6.07, 6.45) is 6.77. The van der Waals surface area contributed by atoms with Crippen molar-refractivity contribution in [2.45, 2.75) is 12.8 Å². The highest BCUT2D eigenvalue weighted by molar-refractivity contribution is 6.23. The third-order valence-corrected chi connectivity index (χ3v) is 7.91. The summed E-state index contributed by atoms with van der Waals surface area (Å²) >= 11 is 0. The largest absolute Gasteiger partial charge is 0.455 e. The Morgan fingerprint density at radius 2 is 1.22 bits per heavy atom. The van der Waals surface area contributed by atoms with E-state index in [1.54, 1.807) is 0 Å². The molecule has 1 heteroatoms. The Kier molecular flexibility index (Phi) is 4.41. The number of allylic oxidation sites excluding steroid dienone is 1. The van der Waals surface area contributed by atoms with Crippen LogP contribution in [0.15, 0.2) is 120 Å². The lowest BCUT2D eigenvalue weighted by atomic mass is 9.79. The van der Waals surface area contributed by atoms with E-state index in [2.05, 4.69) is 121 Å². The predicted molar refractivity (Wildman–Crippen MR) is 157 cm³/mol. The van der Waals surface area contributed by atoms with Crippen LogP contribution in [0.1, 0.15) is 17.5 Å². The van der Waals surface area contributed by atoms with Crippen LogP contribution in [0.2, 0.25) is 0 Å². The monoisotopic (exact) mass is 472 g/mol. The third kappa shape index (κ3) is 2.98. The van der Waals surface area contributed by atoms with Gasteiger partial charge >= 0.3 is 0 Å². The minimum Gasteiger partial charge on any atom is -0.455 e. The summed E-state index contributed by atoms with van der Waals surface area (Å²) < 4.78 is 6.68. The smallest absolute Gasteiger partial charge is 0.143 e. The first-order valence-corrected chi connectivity index (χ1v) is 13.0. The van der Waals surface area contributed by atoms with Gasteiger partial charge in [0.15, 0.2) is 0 Å². The van der Waals surface area contributed by atoms with Gasteiger partial charge in [-0.25, -0.2) is 0 Å². The fraction of sp³-hybridized carbons (Fsp3) is 0.0556. The topological polar surface area (TPSA) is 13.1 Å². The molecule has 0 unspecified atom stereocenters. The highest BCUT2D eigenvalue weighted by Crippen LogP contribution is 2.49. The first-order valence-electron chi connectivity index (χ1n) is 13.0. The Morgan fingerprint density at radius 1 is 0.541 bits per heavy atom. The molecule has 0 fully saturated rings. The molecule has 0 atom stereocenters. The molecule has 1 aliphatic rings. The van der Waals surface area contributed by atoms with E-state index in [1.165, 1.54) is 65.7 Å². The lowest BCUT2D eigenvalue weighted by molar-refractivity contribution is 0.670. The van der Waals surface area contributed by atoms with Crippen molar-refractivity contribution in [1.29, 1.82) is 0 Å². The first kappa shape index (κ1) is 20.6. The van der Waals surface area contributed by atoms with Gasteiger partial charge < -0.3 is 4.42 Å². The summed E-state index contributed by atoms with van der Waals surface area (Å²) in [5.41, 5.74) is 9.78. The summed E-state index contributed by atoms with van der Waals surface area (Å²) in [5, 5.41) is 7.38. The maximum Gasteiger partial charge on any atom is 0.143 e. The van der Waals surface area contributed by atoms with E-state index in [-0.39, 0.29) is 0 Å². The maximum absolute atomic E-state index is 6.68. The normalized spacial score (nSPS) is 13.1. The lowest BCUT2D eigenvalue weighted by Crippen LogP contribution is -2.03. The van der Waals surface area contributed by atoms with Gasteiger partial charge in [-0.15, -0.1) is 0 Å². The van der Waals surface area contributed by atoms with Crippen molar-refractivity contribution in [3.8, 4) is 22.3 Å². The molecular formula is C36H24O. The molecule has 37 heavy (non-hydrogen) atoms. The molecule has 0 bridgehead atoms. The zero-order chi connectivity index (χ0) is 24.3. The van der Waals surface area contributed by atoms with Gasteiger partial charge in [0.25, 0.3) is 0 Å². The van der Waals surface area contributed by atoms with Crippen molar-refractivity contribution in [2.24, 2.45) is 0 Å². The molecule has 1 aliphatic carbocycles. The molecule has 0 spiro atoms. The molecule has 0 aliphatic heterocycles. The van der Waals surface area contributed by atoms with E-state index in [0.717, 1.165) is 24.0 Å². The molecule has 0 saturated heterocycles. The van der Waals surface area contributed by atoms with Gasteiger partial charge in [-0.05, 0) is 68.8 Å². The van der Waals surface area contributed by atoms with Gasteiger partial charge in [0.05, 0.1) is 0 Å². The summed E-state index contributed by atoms with van der Waals surface area (Å²) in [7, 11) is 0. The van der Waals surface area contributed by atoms with E-state index in [0.29, 0.717) is 0 Å². The summed E-state index contributed by atoms with van der Waals surface area (Å²) in [6.45, 7) is 0. The number of hydrogen-bond acceptors (Lipinski definition) is 1. The second kappa shape index (κ2) is 7.94. The molecule has 1 aromatic heterocycles. The van der Waals surface area contributed by atoms with Gasteiger partial charge in [0.2, 0.25) is 0 Å². The Hall–Kier alpha value is -4.62. The summed E-state index contributed by atoms with van der Waals surface area (Å²) in [4.78, 5) is 0. The highest BCUT2D eigenvalue weighted by atomic mass is 16.3. The molecule has 174 valence electrons. The molecule has 1 heterocycles. The fourth-order valence-electron chi connectivity index (χ4n) is 6.36. The highest BCUT2D eigenvalue weighted by Gasteiger charge is 2.25. The maximum atomic E-state index is 6.68. The van der Waals surface area contributed by atoms with Crippen LogP contribution < -0.4 is 0 Å². The average molecular weight is 473 g/mol. The summed E-state index contributed by atoms with van der Waals surface area (Å²) in [6, 6.07) is 39.2.